The summed E-state index contributed by atoms with van der Waals surface area (Å²) in [5, 5.41) is 7.90. The molecule has 0 fully saturated rings. The normalized spacial score (nSPS) is 10.7. The van der Waals surface area contributed by atoms with Crippen LogP contribution in [0, 0.1) is 6.92 Å². The van der Waals surface area contributed by atoms with Crippen molar-refractivity contribution >= 4 is 11.8 Å². The van der Waals surface area contributed by atoms with E-state index in [9.17, 15) is 9.59 Å². The maximum absolute atomic E-state index is 12.3. The zero-order valence-electron chi connectivity index (χ0n) is 15.6. The fraction of sp³-hybridized carbons (Fsp3) is 0.0909. The van der Waals surface area contributed by atoms with Crippen molar-refractivity contribution in [3.8, 4) is 11.5 Å². The Morgan fingerprint density at radius 3 is 2.52 bits per heavy atom. The average molecular weight is 387 g/mol. The van der Waals surface area contributed by atoms with Crippen molar-refractivity contribution in [3.63, 3.8) is 0 Å². The van der Waals surface area contributed by atoms with Gasteiger partial charge in [0.25, 0.3) is 5.89 Å². The summed E-state index contributed by atoms with van der Waals surface area (Å²) >= 11 is 0. The monoisotopic (exact) mass is 387 g/mol. The minimum absolute atomic E-state index is 0.124. The number of esters is 1. The van der Waals surface area contributed by atoms with E-state index in [1.54, 1.807) is 42.7 Å². The summed E-state index contributed by atoms with van der Waals surface area (Å²) in [6, 6.07) is 15.6. The second-order valence-electron chi connectivity index (χ2n) is 6.45. The first-order valence-electron chi connectivity index (χ1n) is 8.94. The summed E-state index contributed by atoms with van der Waals surface area (Å²) < 4.78 is 10.8. The first-order chi connectivity index (χ1) is 14.1. The number of benzene rings is 2. The van der Waals surface area contributed by atoms with Gasteiger partial charge < -0.3 is 14.1 Å². The van der Waals surface area contributed by atoms with Crippen LogP contribution in [-0.2, 0) is 11.3 Å². The zero-order valence-corrected chi connectivity index (χ0v) is 15.6. The largest absolute Gasteiger partial charge is 0.452 e. The molecule has 0 aliphatic carbocycles. The summed E-state index contributed by atoms with van der Waals surface area (Å²) in [7, 11) is 0. The van der Waals surface area contributed by atoms with Gasteiger partial charge in [0.1, 0.15) is 0 Å². The molecule has 0 saturated heterocycles. The molecular weight excluding hydrogens is 370 g/mol. The molecule has 0 bridgehead atoms. The number of hydrogen-bond donors (Lipinski definition) is 1. The van der Waals surface area contributed by atoms with Crippen LogP contribution in [0.4, 0.5) is 0 Å². The van der Waals surface area contributed by atoms with E-state index in [4.69, 9.17) is 9.15 Å². The van der Waals surface area contributed by atoms with Gasteiger partial charge in [-0.25, -0.2) is 4.79 Å². The Balaban J connectivity index is 1.38. The molecule has 0 spiro atoms. The van der Waals surface area contributed by atoms with Crippen LogP contribution in [0.15, 0.2) is 71.4 Å². The maximum atomic E-state index is 12.3. The van der Waals surface area contributed by atoms with Gasteiger partial charge in [0.15, 0.2) is 12.4 Å². The molecule has 2 aromatic carbocycles. The van der Waals surface area contributed by atoms with Gasteiger partial charge in [0.05, 0.1) is 5.56 Å². The van der Waals surface area contributed by atoms with Crippen LogP contribution in [0.1, 0.15) is 37.7 Å². The number of ketones is 1. The molecular formula is C22H17N3O4. The van der Waals surface area contributed by atoms with E-state index >= 15 is 0 Å². The van der Waals surface area contributed by atoms with Crippen molar-refractivity contribution in [2.75, 3.05) is 0 Å². The summed E-state index contributed by atoms with van der Waals surface area (Å²) in [6.07, 6.45) is 3.31. The average Bonchev–Trinajstić information content (AvgIpc) is 3.44. The zero-order chi connectivity index (χ0) is 20.2. The van der Waals surface area contributed by atoms with E-state index in [0.717, 1.165) is 11.1 Å². The fourth-order valence-electron chi connectivity index (χ4n) is 2.81. The third-order valence-electron chi connectivity index (χ3n) is 4.30. The van der Waals surface area contributed by atoms with Gasteiger partial charge in [-0.3, -0.25) is 4.79 Å². The standard InChI is InChI=1S/C22H17N3O4/c1-14-3-2-4-17(11-14)21-25-24-19(29-21)13-28-22(27)16-7-5-15(6-8-16)20(26)18-9-10-23-12-18/h2-12,23H,13H2,1H3. The molecule has 4 rings (SSSR count). The number of ether oxygens (including phenoxy) is 1. The van der Waals surface area contributed by atoms with Crippen LogP contribution in [-0.4, -0.2) is 26.9 Å². The van der Waals surface area contributed by atoms with Crippen LogP contribution >= 0.6 is 0 Å². The summed E-state index contributed by atoms with van der Waals surface area (Å²) in [5.41, 5.74) is 3.25. The smallest absolute Gasteiger partial charge is 0.338 e. The summed E-state index contributed by atoms with van der Waals surface area (Å²) in [4.78, 5) is 27.4. The second kappa shape index (κ2) is 7.93. The van der Waals surface area contributed by atoms with Crippen LogP contribution < -0.4 is 0 Å². The highest BCUT2D eigenvalue weighted by Crippen LogP contribution is 2.19. The molecule has 4 aromatic rings. The summed E-state index contributed by atoms with van der Waals surface area (Å²) in [6.45, 7) is 1.83. The van der Waals surface area contributed by atoms with E-state index in [1.165, 1.54) is 0 Å². The molecule has 2 heterocycles. The Kier molecular flexibility index (Phi) is 5.03. The lowest BCUT2D eigenvalue weighted by Gasteiger charge is -2.03. The second-order valence-corrected chi connectivity index (χ2v) is 6.45. The highest BCUT2D eigenvalue weighted by molar-refractivity contribution is 6.09. The van der Waals surface area contributed by atoms with Crippen LogP contribution in [0.25, 0.3) is 11.5 Å². The van der Waals surface area contributed by atoms with Crippen molar-refractivity contribution in [1.82, 2.24) is 15.2 Å². The number of H-pyrrole nitrogens is 1. The number of carbonyl (C=O) groups excluding carboxylic acids is 2. The molecule has 0 aliphatic rings. The van der Waals surface area contributed by atoms with Gasteiger partial charge in [-0.05, 0) is 37.3 Å². The summed E-state index contributed by atoms with van der Waals surface area (Å²) in [5.74, 6) is -0.0943. The number of nitrogens with zero attached hydrogens (tertiary/aromatic N) is 2. The van der Waals surface area contributed by atoms with Crippen molar-refractivity contribution in [3.05, 3.63) is 95.1 Å². The molecule has 7 nitrogen and oxygen atoms in total. The van der Waals surface area contributed by atoms with Crippen LogP contribution in [0.2, 0.25) is 0 Å². The topological polar surface area (TPSA) is 98.1 Å². The van der Waals surface area contributed by atoms with E-state index in [1.807, 2.05) is 31.2 Å². The van der Waals surface area contributed by atoms with Gasteiger partial charge >= 0.3 is 5.97 Å². The minimum atomic E-state index is -0.541. The molecule has 0 aliphatic heterocycles. The van der Waals surface area contributed by atoms with Gasteiger partial charge in [-0.15, -0.1) is 10.2 Å². The number of aromatic nitrogens is 3. The number of carbonyl (C=O) groups is 2. The highest BCUT2D eigenvalue weighted by atomic mass is 16.5. The Labute approximate surface area is 166 Å². The predicted molar refractivity (Wildman–Crippen MR) is 104 cm³/mol. The number of aryl methyl sites for hydroxylation is 1. The molecule has 0 unspecified atom stereocenters. The Hall–Kier alpha value is -4.00. The highest BCUT2D eigenvalue weighted by Gasteiger charge is 2.14. The third-order valence-corrected chi connectivity index (χ3v) is 4.30. The first-order valence-corrected chi connectivity index (χ1v) is 8.94. The third kappa shape index (κ3) is 4.14. The molecule has 0 amide bonds. The van der Waals surface area contributed by atoms with E-state index in [0.29, 0.717) is 22.6 Å². The maximum Gasteiger partial charge on any atom is 0.338 e. The molecule has 1 N–H and O–H groups in total. The Bertz CT molecular complexity index is 1150. The predicted octanol–water partition coefficient (Wildman–Crippen LogP) is 3.96. The van der Waals surface area contributed by atoms with E-state index in [2.05, 4.69) is 15.2 Å². The molecule has 0 atom stereocenters. The van der Waals surface area contributed by atoms with Gasteiger partial charge in [0, 0.05) is 29.1 Å². The van der Waals surface area contributed by atoms with Crippen LogP contribution in [0.5, 0.6) is 0 Å². The molecule has 29 heavy (non-hydrogen) atoms. The lowest BCUT2D eigenvalue weighted by molar-refractivity contribution is 0.0438. The number of hydrogen-bond acceptors (Lipinski definition) is 6. The fourth-order valence-corrected chi connectivity index (χ4v) is 2.81. The lowest BCUT2D eigenvalue weighted by atomic mass is 10.0. The van der Waals surface area contributed by atoms with Gasteiger partial charge in [0.2, 0.25) is 5.89 Å². The number of aromatic amines is 1. The SMILES string of the molecule is Cc1cccc(-c2nnc(COC(=O)c3ccc(C(=O)c4cc[nH]c4)cc3)o2)c1. The quantitative estimate of drug-likeness (QED) is 0.397. The first kappa shape index (κ1) is 18.4. The Morgan fingerprint density at radius 1 is 1.00 bits per heavy atom. The van der Waals surface area contributed by atoms with Crippen molar-refractivity contribution < 1.29 is 18.7 Å². The number of rotatable bonds is 6. The van der Waals surface area contributed by atoms with Crippen LogP contribution in [0.3, 0.4) is 0 Å². The van der Waals surface area contributed by atoms with Crippen molar-refractivity contribution in [1.29, 1.82) is 0 Å². The Morgan fingerprint density at radius 2 is 1.79 bits per heavy atom. The van der Waals surface area contributed by atoms with Crippen molar-refractivity contribution in [2.24, 2.45) is 0 Å². The molecule has 144 valence electrons. The van der Waals surface area contributed by atoms with Gasteiger partial charge in [-0.2, -0.15) is 0 Å². The minimum Gasteiger partial charge on any atom is -0.452 e. The van der Waals surface area contributed by atoms with E-state index in [-0.39, 0.29) is 18.3 Å². The van der Waals surface area contributed by atoms with Crippen molar-refractivity contribution in [2.45, 2.75) is 13.5 Å². The van der Waals surface area contributed by atoms with Gasteiger partial charge in [-0.1, -0.05) is 29.8 Å². The number of nitrogens with one attached hydrogen (secondary N) is 1. The molecule has 2 aromatic heterocycles. The molecule has 0 saturated carbocycles. The molecule has 0 radical (unpaired) electrons. The lowest BCUT2D eigenvalue weighted by Crippen LogP contribution is -2.06. The molecule has 7 heteroatoms. The van der Waals surface area contributed by atoms with E-state index < -0.39 is 5.97 Å².